The molecule has 0 radical (unpaired) electrons. The van der Waals surface area contributed by atoms with E-state index in [0.29, 0.717) is 0 Å². The minimum absolute atomic E-state index is 0.00258. The van der Waals surface area contributed by atoms with E-state index in [2.05, 4.69) is 83.1 Å². The quantitative estimate of drug-likeness (QED) is 0.708. The van der Waals surface area contributed by atoms with Gasteiger partial charge in [0.25, 0.3) is 0 Å². The molecule has 26 heavy (non-hydrogen) atoms. The molecule has 1 aliphatic rings. The summed E-state index contributed by atoms with van der Waals surface area (Å²) < 4.78 is 2.24. The second-order valence-electron chi connectivity index (χ2n) is 6.79. The molecule has 1 N–H and O–H groups in total. The van der Waals surface area contributed by atoms with Gasteiger partial charge in [0.15, 0.2) is 5.11 Å². The summed E-state index contributed by atoms with van der Waals surface area (Å²) in [6.07, 6.45) is 1.84. The van der Waals surface area contributed by atoms with Gasteiger partial charge >= 0.3 is 0 Å². The summed E-state index contributed by atoms with van der Waals surface area (Å²) in [6.45, 7) is 4.23. The van der Waals surface area contributed by atoms with Crippen molar-refractivity contribution in [2.75, 3.05) is 4.90 Å². The predicted octanol–water partition coefficient (Wildman–Crippen LogP) is 4.21. The fourth-order valence-electron chi connectivity index (χ4n) is 3.64. The third-order valence-electron chi connectivity index (χ3n) is 5.09. The predicted molar refractivity (Wildman–Crippen MR) is 109 cm³/mol. The van der Waals surface area contributed by atoms with Crippen LogP contribution in [0.15, 0.2) is 60.8 Å². The van der Waals surface area contributed by atoms with Crippen molar-refractivity contribution >= 4 is 23.0 Å². The third-order valence-corrected chi connectivity index (χ3v) is 5.41. The average molecular weight is 363 g/mol. The van der Waals surface area contributed by atoms with Gasteiger partial charge in [-0.05, 0) is 68.0 Å². The van der Waals surface area contributed by atoms with E-state index in [0.717, 1.165) is 16.5 Å². The lowest BCUT2D eigenvalue weighted by Crippen LogP contribution is -2.30. The van der Waals surface area contributed by atoms with Crippen molar-refractivity contribution in [3.63, 3.8) is 0 Å². The normalized spacial score (nSPS) is 19.7. The Balaban J connectivity index is 1.87. The molecule has 1 saturated heterocycles. The van der Waals surface area contributed by atoms with Crippen LogP contribution in [-0.2, 0) is 7.05 Å². The number of anilines is 1. The van der Waals surface area contributed by atoms with Crippen molar-refractivity contribution in [3.05, 3.63) is 83.4 Å². The first kappa shape index (κ1) is 16.8. The SMILES string of the molecule is Cc1cccc(N2C(=S)NC(c3ccccn3)C2c2ccc(C)n2C)c1. The molecule has 0 amide bonds. The lowest BCUT2D eigenvalue weighted by molar-refractivity contribution is 0.539. The van der Waals surface area contributed by atoms with Gasteiger partial charge in [0, 0.05) is 30.3 Å². The lowest BCUT2D eigenvalue weighted by Gasteiger charge is -2.28. The highest BCUT2D eigenvalue weighted by atomic mass is 32.1. The molecule has 0 aliphatic carbocycles. The molecule has 2 atom stereocenters. The zero-order valence-electron chi connectivity index (χ0n) is 15.2. The molecular formula is C21H22N4S. The lowest BCUT2D eigenvalue weighted by atomic mass is 10.0. The van der Waals surface area contributed by atoms with E-state index in [4.69, 9.17) is 12.2 Å². The van der Waals surface area contributed by atoms with E-state index in [1.54, 1.807) is 0 Å². The molecule has 132 valence electrons. The smallest absolute Gasteiger partial charge is 0.174 e. The first-order valence-corrected chi connectivity index (χ1v) is 9.16. The second kappa shape index (κ2) is 6.57. The molecule has 0 saturated carbocycles. The van der Waals surface area contributed by atoms with Gasteiger partial charge in [0.1, 0.15) is 6.04 Å². The summed E-state index contributed by atoms with van der Waals surface area (Å²) in [7, 11) is 2.11. The van der Waals surface area contributed by atoms with Crippen LogP contribution in [0.25, 0.3) is 0 Å². The Hall–Kier alpha value is -2.66. The number of nitrogens with one attached hydrogen (secondary N) is 1. The van der Waals surface area contributed by atoms with Crippen LogP contribution in [0.4, 0.5) is 5.69 Å². The number of aromatic nitrogens is 2. The van der Waals surface area contributed by atoms with Crippen LogP contribution >= 0.6 is 12.2 Å². The molecule has 4 nitrogen and oxygen atoms in total. The van der Waals surface area contributed by atoms with Crippen molar-refractivity contribution in [2.24, 2.45) is 7.05 Å². The fourth-order valence-corrected chi connectivity index (χ4v) is 3.99. The summed E-state index contributed by atoms with van der Waals surface area (Å²) in [5.74, 6) is 0. The van der Waals surface area contributed by atoms with E-state index in [1.165, 1.54) is 17.0 Å². The van der Waals surface area contributed by atoms with E-state index in [1.807, 2.05) is 18.3 Å². The monoisotopic (exact) mass is 362 g/mol. The van der Waals surface area contributed by atoms with E-state index in [9.17, 15) is 0 Å². The maximum absolute atomic E-state index is 5.75. The first-order chi connectivity index (χ1) is 12.6. The molecule has 0 spiro atoms. The summed E-state index contributed by atoms with van der Waals surface area (Å²) in [4.78, 5) is 6.81. The Morgan fingerprint density at radius 1 is 1.04 bits per heavy atom. The Labute approximate surface area is 159 Å². The molecule has 1 aliphatic heterocycles. The van der Waals surface area contributed by atoms with Crippen molar-refractivity contribution < 1.29 is 0 Å². The number of benzene rings is 1. The second-order valence-corrected chi connectivity index (χ2v) is 7.18. The van der Waals surface area contributed by atoms with Gasteiger partial charge in [-0.1, -0.05) is 18.2 Å². The van der Waals surface area contributed by atoms with Crippen LogP contribution in [0.5, 0.6) is 0 Å². The van der Waals surface area contributed by atoms with E-state index >= 15 is 0 Å². The molecule has 5 heteroatoms. The maximum Gasteiger partial charge on any atom is 0.174 e. The van der Waals surface area contributed by atoms with Gasteiger partial charge < -0.3 is 14.8 Å². The van der Waals surface area contributed by atoms with Crippen molar-refractivity contribution in [1.82, 2.24) is 14.9 Å². The number of nitrogens with zero attached hydrogens (tertiary/aromatic N) is 3. The summed E-state index contributed by atoms with van der Waals surface area (Å²) >= 11 is 5.75. The van der Waals surface area contributed by atoms with Crippen molar-refractivity contribution in [1.29, 1.82) is 0 Å². The summed E-state index contributed by atoms with van der Waals surface area (Å²) in [5.41, 5.74) is 5.75. The fraction of sp³-hybridized carbons (Fsp3) is 0.238. The van der Waals surface area contributed by atoms with Crippen LogP contribution in [0.2, 0.25) is 0 Å². The summed E-state index contributed by atoms with van der Waals surface area (Å²) in [5, 5.41) is 4.24. The molecule has 2 unspecified atom stereocenters. The largest absolute Gasteiger partial charge is 0.351 e. The minimum atomic E-state index is -0.00258. The van der Waals surface area contributed by atoms with Crippen LogP contribution in [0.3, 0.4) is 0 Å². The van der Waals surface area contributed by atoms with Crippen LogP contribution in [-0.4, -0.2) is 14.7 Å². The van der Waals surface area contributed by atoms with Gasteiger partial charge in [-0.15, -0.1) is 0 Å². The highest BCUT2D eigenvalue weighted by Crippen LogP contribution is 2.41. The first-order valence-electron chi connectivity index (χ1n) is 8.76. The third kappa shape index (κ3) is 2.78. The zero-order chi connectivity index (χ0) is 18.3. The molecule has 1 fully saturated rings. The number of hydrogen-bond donors (Lipinski definition) is 1. The molecule has 2 aromatic heterocycles. The highest BCUT2D eigenvalue weighted by molar-refractivity contribution is 7.80. The van der Waals surface area contributed by atoms with E-state index in [-0.39, 0.29) is 12.1 Å². The summed E-state index contributed by atoms with van der Waals surface area (Å²) in [6, 6.07) is 18.9. The topological polar surface area (TPSA) is 33.1 Å². The number of rotatable bonds is 3. The van der Waals surface area contributed by atoms with Crippen LogP contribution in [0, 0.1) is 13.8 Å². The Bertz CT molecular complexity index is 948. The Morgan fingerprint density at radius 3 is 2.54 bits per heavy atom. The van der Waals surface area contributed by atoms with E-state index < -0.39 is 0 Å². The number of thiocarbonyl (C=S) groups is 1. The standard InChI is InChI=1S/C21H22N4S/c1-14-7-6-8-16(13-14)25-20(18-11-10-15(2)24(18)3)19(23-21(25)26)17-9-4-5-12-22-17/h4-13,19-20H,1-3H3,(H,23,26). The number of pyridine rings is 1. The van der Waals surface area contributed by atoms with Crippen molar-refractivity contribution in [2.45, 2.75) is 25.9 Å². The van der Waals surface area contributed by atoms with Gasteiger partial charge in [0.05, 0.1) is 11.7 Å². The molecule has 0 bridgehead atoms. The Morgan fingerprint density at radius 2 is 1.88 bits per heavy atom. The zero-order valence-corrected chi connectivity index (χ0v) is 16.0. The van der Waals surface area contributed by atoms with Gasteiger partial charge in [-0.3, -0.25) is 4.98 Å². The minimum Gasteiger partial charge on any atom is -0.351 e. The average Bonchev–Trinajstić information content (AvgIpc) is 3.15. The van der Waals surface area contributed by atoms with Gasteiger partial charge in [-0.25, -0.2) is 0 Å². The van der Waals surface area contributed by atoms with Crippen LogP contribution < -0.4 is 10.2 Å². The van der Waals surface area contributed by atoms with Gasteiger partial charge in [0.2, 0.25) is 0 Å². The molecule has 4 rings (SSSR count). The number of hydrogen-bond acceptors (Lipinski definition) is 2. The number of aryl methyl sites for hydroxylation is 2. The van der Waals surface area contributed by atoms with Crippen molar-refractivity contribution in [3.8, 4) is 0 Å². The molecule has 1 aromatic carbocycles. The molecular weight excluding hydrogens is 340 g/mol. The maximum atomic E-state index is 5.75. The van der Waals surface area contributed by atoms with Gasteiger partial charge in [-0.2, -0.15) is 0 Å². The van der Waals surface area contributed by atoms with Crippen LogP contribution in [0.1, 0.15) is 34.7 Å². The molecule has 3 aromatic rings. The highest BCUT2D eigenvalue weighted by Gasteiger charge is 2.41. The molecule has 3 heterocycles. The Kier molecular flexibility index (Phi) is 4.24.